The van der Waals surface area contributed by atoms with Gasteiger partial charge in [-0.2, -0.15) is 52.7 Å². The smallest absolute Gasteiger partial charge is 0.456 e. The Morgan fingerprint density at radius 2 is 1.09 bits per heavy atom. The minimum Gasteiger partial charge on any atom is -0.456 e. The van der Waals surface area contributed by atoms with E-state index in [4.69, 9.17) is 9.47 Å². The molecule has 1 rings (SSSR count). The number of alkyl halides is 12. The monoisotopic (exact) mass is 700 g/mol. The highest BCUT2D eigenvalue weighted by atomic mass is 19.4. The zero-order valence-corrected chi connectivity index (χ0v) is 23.3. The second-order valence-corrected chi connectivity index (χ2v) is 9.26. The highest BCUT2D eigenvalue weighted by Gasteiger charge is 2.59. The minimum absolute atomic E-state index is 0.350. The van der Waals surface area contributed by atoms with E-state index in [9.17, 15) is 71.9 Å². The lowest BCUT2D eigenvalue weighted by molar-refractivity contribution is -0.320. The molecule has 1 aliphatic heterocycles. The molecule has 0 aromatic heterocycles. The van der Waals surface area contributed by atoms with Crippen molar-refractivity contribution in [2.45, 2.75) is 88.5 Å². The molecule has 46 heavy (non-hydrogen) atoms. The summed E-state index contributed by atoms with van der Waals surface area (Å²) in [6.45, 7) is 0.950. The number of halogens is 12. The Labute approximate surface area is 250 Å². The van der Waals surface area contributed by atoms with Gasteiger partial charge in [0.1, 0.15) is 12.7 Å². The van der Waals surface area contributed by atoms with Crippen LogP contribution in [0.15, 0.2) is 23.8 Å². The van der Waals surface area contributed by atoms with Gasteiger partial charge in [0, 0.05) is 0 Å². The van der Waals surface area contributed by atoms with Crippen LogP contribution in [-0.4, -0.2) is 92.5 Å². The molecule has 10 nitrogen and oxygen atoms in total. The van der Waals surface area contributed by atoms with Gasteiger partial charge in [-0.25, -0.2) is 19.2 Å². The first-order chi connectivity index (χ1) is 20.9. The van der Waals surface area contributed by atoms with Gasteiger partial charge in [0.2, 0.25) is 0 Å². The van der Waals surface area contributed by atoms with Crippen molar-refractivity contribution in [3.63, 3.8) is 0 Å². The van der Waals surface area contributed by atoms with Crippen LogP contribution in [-0.2, 0) is 47.6 Å². The van der Waals surface area contributed by atoms with E-state index in [0.29, 0.717) is 19.3 Å². The Morgan fingerprint density at radius 1 is 0.630 bits per heavy atom. The molecule has 5 atom stereocenters. The summed E-state index contributed by atoms with van der Waals surface area (Å²) in [6, 6.07) is 0. The molecule has 22 heteroatoms. The molecule has 0 radical (unpaired) electrons. The summed E-state index contributed by atoms with van der Waals surface area (Å²) in [6.07, 6.45) is -33.0. The zero-order chi connectivity index (χ0) is 35.7. The van der Waals surface area contributed by atoms with Gasteiger partial charge >= 0.3 is 48.6 Å². The Balaban J connectivity index is 3.59. The highest BCUT2D eigenvalue weighted by Crippen LogP contribution is 2.34. The van der Waals surface area contributed by atoms with Crippen LogP contribution < -0.4 is 0 Å². The van der Waals surface area contributed by atoms with Crippen LogP contribution in [0, 0.1) is 0 Å². The van der Waals surface area contributed by atoms with Gasteiger partial charge in [-0.1, -0.05) is 23.8 Å². The molecule has 0 bridgehead atoms. The molecule has 1 fully saturated rings. The van der Waals surface area contributed by atoms with Gasteiger partial charge < -0.3 is 28.4 Å². The third-order valence-electron chi connectivity index (χ3n) is 5.28. The number of ether oxygens (including phenoxy) is 6. The quantitative estimate of drug-likeness (QED) is 0.0909. The molecule has 0 N–H and O–H groups in total. The van der Waals surface area contributed by atoms with Gasteiger partial charge in [0.05, 0.1) is 6.61 Å². The van der Waals surface area contributed by atoms with Crippen molar-refractivity contribution in [1.82, 2.24) is 0 Å². The molecular formula is C24H24F12O10. The molecule has 1 aliphatic rings. The summed E-state index contributed by atoms with van der Waals surface area (Å²) in [4.78, 5) is 46.0. The normalized spacial score (nSPS) is 22.6. The summed E-state index contributed by atoms with van der Waals surface area (Å²) in [5.41, 5.74) is 0.997. The fourth-order valence-electron chi connectivity index (χ4n) is 3.32. The second kappa shape index (κ2) is 16.3. The van der Waals surface area contributed by atoms with E-state index in [-0.39, 0.29) is 0 Å². The number of carbonyl (C=O) groups excluding carboxylic acids is 4. The van der Waals surface area contributed by atoms with Gasteiger partial charge in [-0.05, 0) is 33.1 Å². The first-order valence-corrected chi connectivity index (χ1v) is 12.5. The van der Waals surface area contributed by atoms with E-state index in [1.807, 2.05) is 19.9 Å². The Bertz CT molecular complexity index is 1120. The van der Waals surface area contributed by atoms with Gasteiger partial charge in [0.25, 0.3) is 0 Å². The summed E-state index contributed by atoms with van der Waals surface area (Å²) in [5, 5.41) is 0. The molecule has 1 saturated heterocycles. The third-order valence-corrected chi connectivity index (χ3v) is 5.28. The Kier molecular flexibility index (Phi) is 14.4. The van der Waals surface area contributed by atoms with E-state index in [2.05, 4.69) is 18.9 Å². The molecule has 0 aromatic rings. The van der Waals surface area contributed by atoms with Crippen molar-refractivity contribution < 1.29 is 100 Å². The van der Waals surface area contributed by atoms with Crippen LogP contribution >= 0.6 is 0 Å². The van der Waals surface area contributed by atoms with Crippen molar-refractivity contribution in [1.29, 1.82) is 0 Å². The second-order valence-electron chi connectivity index (χ2n) is 9.26. The Morgan fingerprint density at radius 3 is 1.54 bits per heavy atom. The minimum atomic E-state index is -6.04. The number of hydrogen-bond acceptors (Lipinski definition) is 10. The molecule has 0 aliphatic carbocycles. The van der Waals surface area contributed by atoms with Crippen molar-refractivity contribution in [3.05, 3.63) is 23.8 Å². The fraction of sp³-hybridized carbons (Fsp3) is 0.667. The predicted octanol–water partition coefficient (Wildman–Crippen LogP) is 4.95. The summed E-state index contributed by atoms with van der Waals surface area (Å²) in [7, 11) is 0. The lowest BCUT2D eigenvalue weighted by Gasteiger charge is -2.44. The standard InChI is InChI=1S/C24H24F12O10/c1-11(2)8-6-4-3-5-7-9-41-16-15(46-20(40)24(34,35)36)14(45-19(39)23(31,32)33)13(44-18(38)22(28,29)30)12(43-16)10-42-17(37)21(25,26)27/h5,7-8,12-16H,3-4,6,9-10H2,1-2H3/b7-5-/t12-,13-,14+,15-,16-/m0/s1. The topological polar surface area (TPSA) is 124 Å². The van der Waals surface area contributed by atoms with Crippen LogP contribution in [0.2, 0.25) is 0 Å². The molecule has 1 heterocycles. The molecule has 264 valence electrons. The maximum atomic E-state index is 13.0. The molecule has 0 amide bonds. The number of hydrogen-bond donors (Lipinski definition) is 0. The number of allylic oxidation sites excluding steroid dienone is 3. The van der Waals surface area contributed by atoms with Crippen molar-refractivity contribution >= 4 is 23.9 Å². The van der Waals surface area contributed by atoms with Gasteiger partial charge in [-0.15, -0.1) is 0 Å². The maximum Gasteiger partial charge on any atom is 0.490 e. The number of rotatable bonds is 12. The van der Waals surface area contributed by atoms with Crippen LogP contribution in [0.5, 0.6) is 0 Å². The van der Waals surface area contributed by atoms with Crippen LogP contribution in [0.4, 0.5) is 52.7 Å². The van der Waals surface area contributed by atoms with Gasteiger partial charge in [-0.3, -0.25) is 0 Å². The van der Waals surface area contributed by atoms with E-state index in [0.717, 1.165) is 11.6 Å². The Hall–Kier alpha value is -3.56. The first kappa shape index (κ1) is 40.5. The van der Waals surface area contributed by atoms with E-state index >= 15 is 0 Å². The lowest BCUT2D eigenvalue weighted by atomic mass is 9.98. The van der Waals surface area contributed by atoms with Crippen molar-refractivity contribution in [2.75, 3.05) is 13.2 Å². The number of esters is 4. The van der Waals surface area contributed by atoms with Crippen molar-refractivity contribution in [3.8, 4) is 0 Å². The molecule has 0 unspecified atom stereocenters. The van der Waals surface area contributed by atoms with E-state index in [1.54, 1.807) is 0 Å². The summed E-state index contributed by atoms with van der Waals surface area (Å²) >= 11 is 0. The fourth-order valence-corrected chi connectivity index (χ4v) is 3.32. The predicted molar refractivity (Wildman–Crippen MR) is 122 cm³/mol. The maximum absolute atomic E-state index is 13.0. The van der Waals surface area contributed by atoms with E-state index < -0.39 is 92.5 Å². The molecular weight excluding hydrogens is 676 g/mol. The first-order valence-electron chi connectivity index (χ1n) is 12.5. The molecule has 0 aromatic carbocycles. The van der Waals surface area contributed by atoms with E-state index in [1.165, 1.54) is 6.08 Å². The van der Waals surface area contributed by atoms with Gasteiger partial charge in [0.15, 0.2) is 24.6 Å². The number of unbranched alkanes of at least 4 members (excludes halogenated alkanes) is 2. The zero-order valence-electron chi connectivity index (χ0n) is 23.3. The van der Waals surface area contributed by atoms with Crippen molar-refractivity contribution in [2.24, 2.45) is 0 Å². The SMILES string of the molecule is CC(C)=CCCC/C=C\CO[C@H]1O[C@@H](COC(=O)C(F)(F)F)[C@H](OC(=O)C(F)(F)F)[C@@H](OC(=O)C(F)(F)F)[C@@H]1OC(=O)C(F)(F)F. The summed E-state index contributed by atoms with van der Waals surface area (Å²) in [5.74, 6) is -13.0. The highest BCUT2D eigenvalue weighted by molar-refractivity contribution is 5.78. The third kappa shape index (κ3) is 13.4. The van der Waals surface area contributed by atoms with Crippen LogP contribution in [0.1, 0.15) is 33.1 Å². The summed E-state index contributed by atoms with van der Waals surface area (Å²) < 4.78 is 181. The number of carbonyl (C=O) groups is 4. The average molecular weight is 700 g/mol. The molecule has 0 spiro atoms. The average Bonchev–Trinajstić information content (AvgIpc) is 2.88. The van der Waals surface area contributed by atoms with Crippen LogP contribution in [0.3, 0.4) is 0 Å². The lowest BCUT2D eigenvalue weighted by Crippen LogP contribution is -2.64. The molecule has 0 saturated carbocycles. The largest absolute Gasteiger partial charge is 0.490 e. The van der Waals surface area contributed by atoms with Crippen LogP contribution in [0.25, 0.3) is 0 Å².